The van der Waals surface area contributed by atoms with E-state index in [-0.39, 0.29) is 6.04 Å². The lowest BCUT2D eigenvalue weighted by Gasteiger charge is -2.12. The number of aryl methyl sites for hydroxylation is 1. The number of fused-ring (bicyclic) bond motifs is 1. The number of nitrogens with one attached hydrogen (secondary N) is 1. The van der Waals surface area contributed by atoms with E-state index in [1.807, 2.05) is 25.1 Å². The van der Waals surface area contributed by atoms with Gasteiger partial charge in [0.15, 0.2) is 0 Å². The largest absolute Gasteiger partial charge is 0.459 e. The molecule has 98 valence electrons. The van der Waals surface area contributed by atoms with Crippen LogP contribution in [0.25, 0.3) is 11.0 Å². The van der Waals surface area contributed by atoms with Crippen LogP contribution >= 0.6 is 0 Å². The van der Waals surface area contributed by atoms with E-state index in [0.29, 0.717) is 13.2 Å². The summed E-state index contributed by atoms with van der Waals surface area (Å²) in [4.78, 5) is 5.31. The molecule has 0 amide bonds. The van der Waals surface area contributed by atoms with Crippen LogP contribution in [0, 0.1) is 6.92 Å². The van der Waals surface area contributed by atoms with Crippen LogP contribution in [0.3, 0.4) is 0 Å². The van der Waals surface area contributed by atoms with Crippen LogP contribution in [-0.2, 0) is 9.57 Å². The predicted octanol–water partition coefficient (Wildman–Crippen LogP) is 2.97. The Morgan fingerprint density at radius 2 is 2.06 bits per heavy atom. The molecule has 0 bridgehead atoms. The van der Waals surface area contributed by atoms with Crippen molar-refractivity contribution in [2.24, 2.45) is 0 Å². The lowest BCUT2D eigenvalue weighted by Crippen LogP contribution is -2.21. The van der Waals surface area contributed by atoms with Crippen molar-refractivity contribution in [3.63, 3.8) is 0 Å². The van der Waals surface area contributed by atoms with Gasteiger partial charge in [-0.15, -0.1) is 0 Å². The van der Waals surface area contributed by atoms with Gasteiger partial charge in [-0.05, 0) is 19.9 Å². The summed E-state index contributed by atoms with van der Waals surface area (Å²) in [6, 6.07) is 8.04. The van der Waals surface area contributed by atoms with E-state index < -0.39 is 0 Å². The van der Waals surface area contributed by atoms with E-state index in [9.17, 15) is 0 Å². The molecule has 1 unspecified atom stereocenters. The van der Waals surface area contributed by atoms with E-state index in [2.05, 4.69) is 18.5 Å². The zero-order valence-electron chi connectivity index (χ0n) is 11.0. The standard InChI is InChI=1S/C14H19NO3/c1-10-12-6-4-5-7-13(12)18-14(10)11(2)15-17-9-8-16-3/h4-7,11,15H,8-9H2,1-3H3. The number of furan rings is 1. The lowest BCUT2D eigenvalue weighted by atomic mass is 10.1. The van der Waals surface area contributed by atoms with Gasteiger partial charge in [0.2, 0.25) is 0 Å². The molecule has 1 heterocycles. The molecule has 0 aliphatic heterocycles. The topological polar surface area (TPSA) is 43.6 Å². The van der Waals surface area contributed by atoms with Crippen LogP contribution in [0.1, 0.15) is 24.3 Å². The van der Waals surface area contributed by atoms with Gasteiger partial charge in [0.25, 0.3) is 0 Å². The number of rotatable bonds is 6. The molecule has 1 N–H and O–H groups in total. The Balaban J connectivity index is 2.08. The van der Waals surface area contributed by atoms with E-state index in [1.54, 1.807) is 7.11 Å². The van der Waals surface area contributed by atoms with Crippen LogP contribution in [0.4, 0.5) is 0 Å². The highest BCUT2D eigenvalue weighted by Gasteiger charge is 2.16. The second-order valence-corrected chi connectivity index (χ2v) is 4.27. The lowest BCUT2D eigenvalue weighted by molar-refractivity contribution is -0.0125. The first-order chi connectivity index (χ1) is 8.74. The molecular formula is C14H19NO3. The van der Waals surface area contributed by atoms with Gasteiger partial charge in [-0.3, -0.25) is 4.84 Å². The van der Waals surface area contributed by atoms with Gasteiger partial charge in [0.05, 0.1) is 19.3 Å². The summed E-state index contributed by atoms with van der Waals surface area (Å²) in [6.45, 7) is 5.16. The van der Waals surface area contributed by atoms with Gasteiger partial charge in [0.1, 0.15) is 11.3 Å². The highest BCUT2D eigenvalue weighted by Crippen LogP contribution is 2.28. The normalized spacial score (nSPS) is 13.1. The Morgan fingerprint density at radius 3 is 2.78 bits per heavy atom. The fourth-order valence-corrected chi connectivity index (χ4v) is 1.97. The Labute approximate surface area is 107 Å². The van der Waals surface area contributed by atoms with Crippen molar-refractivity contribution < 1.29 is 14.0 Å². The summed E-state index contributed by atoms with van der Waals surface area (Å²) in [5.41, 5.74) is 5.03. The molecule has 1 atom stereocenters. The fourth-order valence-electron chi connectivity index (χ4n) is 1.97. The summed E-state index contributed by atoms with van der Waals surface area (Å²) in [5, 5.41) is 1.15. The van der Waals surface area contributed by atoms with E-state index in [0.717, 1.165) is 22.3 Å². The van der Waals surface area contributed by atoms with Gasteiger partial charge in [-0.25, -0.2) is 0 Å². The third-order valence-electron chi connectivity index (χ3n) is 2.92. The minimum absolute atomic E-state index is 0.00857. The summed E-state index contributed by atoms with van der Waals surface area (Å²) < 4.78 is 10.8. The van der Waals surface area contributed by atoms with Crippen LogP contribution in [0.2, 0.25) is 0 Å². The van der Waals surface area contributed by atoms with Crippen LogP contribution in [0.15, 0.2) is 28.7 Å². The molecule has 0 saturated carbocycles. The number of para-hydroxylation sites is 1. The zero-order chi connectivity index (χ0) is 13.0. The molecule has 0 radical (unpaired) electrons. The van der Waals surface area contributed by atoms with Crippen molar-refractivity contribution in [3.8, 4) is 0 Å². The predicted molar refractivity (Wildman–Crippen MR) is 70.3 cm³/mol. The number of ether oxygens (including phenoxy) is 1. The van der Waals surface area contributed by atoms with E-state index in [4.69, 9.17) is 14.0 Å². The Hall–Kier alpha value is -1.36. The second-order valence-electron chi connectivity index (χ2n) is 4.27. The zero-order valence-corrected chi connectivity index (χ0v) is 11.0. The van der Waals surface area contributed by atoms with Gasteiger partial charge < -0.3 is 9.15 Å². The van der Waals surface area contributed by atoms with Crippen LogP contribution in [0.5, 0.6) is 0 Å². The molecule has 0 fully saturated rings. The first-order valence-electron chi connectivity index (χ1n) is 6.08. The molecule has 0 spiro atoms. The molecule has 0 saturated heterocycles. The van der Waals surface area contributed by atoms with Crippen molar-refractivity contribution in [1.29, 1.82) is 0 Å². The van der Waals surface area contributed by atoms with Crippen molar-refractivity contribution in [2.75, 3.05) is 20.3 Å². The fraction of sp³-hybridized carbons (Fsp3) is 0.429. The third kappa shape index (κ3) is 2.72. The summed E-state index contributed by atoms with van der Waals surface area (Å²) >= 11 is 0. The Bertz CT molecular complexity index is 507. The quantitative estimate of drug-likeness (QED) is 0.631. The van der Waals surface area contributed by atoms with Gasteiger partial charge in [-0.1, -0.05) is 18.2 Å². The first-order valence-corrected chi connectivity index (χ1v) is 6.08. The molecular weight excluding hydrogens is 230 g/mol. The number of hydroxylamine groups is 1. The maximum atomic E-state index is 5.84. The minimum atomic E-state index is 0.00857. The first kappa shape index (κ1) is 13.1. The molecule has 2 rings (SSSR count). The molecule has 0 aliphatic carbocycles. The maximum Gasteiger partial charge on any atom is 0.134 e. The number of methoxy groups -OCH3 is 1. The van der Waals surface area contributed by atoms with E-state index in [1.165, 1.54) is 0 Å². The average Bonchev–Trinajstić information content (AvgIpc) is 2.73. The van der Waals surface area contributed by atoms with Gasteiger partial charge in [-0.2, -0.15) is 5.48 Å². The van der Waals surface area contributed by atoms with Crippen molar-refractivity contribution in [2.45, 2.75) is 19.9 Å². The number of benzene rings is 1. The molecule has 18 heavy (non-hydrogen) atoms. The van der Waals surface area contributed by atoms with Crippen molar-refractivity contribution in [1.82, 2.24) is 5.48 Å². The van der Waals surface area contributed by atoms with Crippen molar-refractivity contribution >= 4 is 11.0 Å². The Kier molecular flexibility index (Phi) is 4.36. The number of hydrogen-bond acceptors (Lipinski definition) is 4. The SMILES string of the molecule is COCCONC(C)c1oc2ccccc2c1C. The molecule has 0 aliphatic rings. The molecule has 4 nitrogen and oxygen atoms in total. The van der Waals surface area contributed by atoms with Crippen LogP contribution < -0.4 is 5.48 Å². The highest BCUT2D eigenvalue weighted by atomic mass is 16.7. The molecule has 1 aromatic carbocycles. The summed E-state index contributed by atoms with van der Waals surface area (Å²) in [7, 11) is 1.65. The Morgan fingerprint density at radius 1 is 1.28 bits per heavy atom. The monoisotopic (exact) mass is 249 g/mol. The average molecular weight is 249 g/mol. The molecule has 2 aromatic rings. The van der Waals surface area contributed by atoms with Crippen molar-refractivity contribution in [3.05, 3.63) is 35.6 Å². The smallest absolute Gasteiger partial charge is 0.134 e. The third-order valence-corrected chi connectivity index (χ3v) is 2.92. The highest BCUT2D eigenvalue weighted by molar-refractivity contribution is 5.82. The minimum Gasteiger partial charge on any atom is -0.459 e. The molecule has 1 aromatic heterocycles. The molecule has 4 heteroatoms. The maximum absolute atomic E-state index is 5.84. The van der Waals surface area contributed by atoms with E-state index >= 15 is 0 Å². The van der Waals surface area contributed by atoms with Gasteiger partial charge in [0, 0.05) is 18.1 Å². The van der Waals surface area contributed by atoms with Crippen LogP contribution in [-0.4, -0.2) is 20.3 Å². The summed E-state index contributed by atoms with van der Waals surface area (Å²) in [6.07, 6.45) is 0. The van der Waals surface area contributed by atoms with Gasteiger partial charge >= 0.3 is 0 Å². The summed E-state index contributed by atoms with van der Waals surface area (Å²) in [5.74, 6) is 0.911. The second kappa shape index (κ2) is 6.00. The number of hydrogen-bond donors (Lipinski definition) is 1.